The number of hydrogen-bond acceptors (Lipinski definition) is 12. The Balaban J connectivity index is 1.71. The van der Waals surface area contributed by atoms with Gasteiger partial charge in [-0.2, -0.15) is 0 Å². The van der Waals surface area contributed by atoms with Crippen molar-refractivity contribution >= 4 is 5.97 Å². The molecule has 2 aliphatic rings. The highest BCUT2D eigenvalue weighted by Crippen LogP contribution is 2.44. The zero-order chi connectivity index (χ0) is 27.6. The Bertz CT molecular complexity index is 1120. The molecule has 12 heteroatoms. The normalized spacial score (nSPS) is 30.0. The first-order valence-corrected chi connectivity index (χ1v) is 12.0. The number of esters is 1. The number of aromatic hydroxyl groups is 1. The highest BCUT2D eigenvalue weighted by atomic mass is 16.7. The van der Waals surface area contributed by atoms with Crippen molar-refractivity contribution in [3.63, 3.8) is 0 Å². The number of carbonyl (C=O) groups excluding carboxylic acids is 1. The summed E-state index contributed by atoms with van der Waals surface area (Å²) >= 11 is 0. The van der Waals surface area contributed by atoms with Crippen molar-refractivity contribution in [1.82, 2.24) is 0 Å². The van der Waals surface area contributed by atoms with E-state index in [2.05, 4.69) is 0 Å². The predicted molar refractivity (Wildman–Crippen MR) is 129 cm³/mol. The second-order valence-corrected chi connectivity index (χ2v) is 9.22. The number of cyclic esters (lactones) is 1. The Kier molecular flexibility index (Phi) is 8.61. The summed E-state index contributed by atoms with van der Waals surface area (Å²) in [4.78, 5) is 12.3. The number of benzene rings is 2. The number of aliphatic hydroxyl groups is 5. The first kappa shape index (κ1) is 27.9. The van der Waals surface area contributed by atoms with Crippen LogP contribution in [0.15, 0.2) is 36.4 Å². The molecule has 0 unspecified atom stereocenters. The number of phenols is 1. The quantitative estimate of drug-likeness (QED) is 0.226. The van der Waals surface area contributed by atoms with Gasteiger partial charge in [0.2, 0.25) is 6.29 Å². The summed E-state index contributed by atoms with van der Waals surface area (Å²) in [5.74, 6) is -1.71. The van der Waals surface area contributed by atoms with Crippen molar-refractivity contribution < 1.29 is 59.1 Å². The topological polar surface area (TPSA) is 185 Å². The lowest BCUT2D eigenvalue weighted by molar-refractivity contribution is -0.277. The molecule has 2 fully saturated rings. The van der Waals surface area contributed by atoms with Crippen molar-refractivity contribution in [3.05, 3.63) is 47.5 Å². The number of carbonyl (C=O) groups is 1. The molecule has 0 bridgehead atoms. The first-order chi connectivity index (χ1) is 18.2. The molecule has 0 saturated carbocycles. The molecular weight excluding hydrogens is 504 g/mol. The maximum absolute atomic E-state index is 12.3. The Morgan fingerprint density at radius 2 is 1.55 bits per heavy atom. The number of aliphatic hydroxyl groups excluding tert-OH is 5. The van der Waals surface area contributed by atoms with Gasteiger partial charge in [-0.15, -0.1) is 0 Å². The third-order valence-electron chi connectivity index (χ3n) is 7.06. The van der Waals surface area contributed by atoms with E-state index in [-0.39, 0.29) is 29.6 Å². The number of ether oxygens (including phenoxy) is 5. The van der Waals surface area contributed by atoms with E-state index in [9.17, 15) is 35.4 Å². The van der Waals surface area contributed by atoms with Crippen LogP contribution in [-0.4, -0.2) is 101 Å². The van der Waals surface area contributed by atoms with E-state index >= 15 is 0 Å². The number of hydrogen-bond donors (Lipinski definition) is 6. The van der Waals surface area contributed by atoms with Crippen LogP contribution in [0.4, 0.5) is 0 Å². The summed E-state index contributed by atoms with van der Waals surface area (Å²) in [5, 5.41) is 59.9. The van der Waals surface area contributed by atoms with E-state index in [1.165, 1.54) is 20.3 Å². The van der Waals surface area contributed by atoms with Crippen molar-refractivity contribution in [2.24, 2.45) is 11.8 Å². The van der Waals surface area contributed by atoms with Gasteiger partial charge in [0, 0.05) is 11.8 Å². The van der Waals surface area contributed by atoms with E-state index < -0.39 is 67.6 Å². The van der Waals surface area contributed by atoms with Gasteiger partial charge < -0.3 is 54.3 Å². The second-order valence-electron chi connectivity index (χ2n) is 9.22. The Morgan fingerprint density at radius 3 is 2.18 bits per heavy atom. The molecule has 38 heavy (non-hydrogen) atoms. The van der Waals surface area contributed by atoms with Gasteiger partial charge in [0.1, 0.15) is 24.4 Å². The number of methoxy groups -OCH3 is 2. The van der Waals surface area contributed by atoms with E-state index in [1.807, 2.05) is 0 Å². The zero-order valence-corrected chi connectivity index (χ0v) is 20.8. The smallest absolute Gasteiger partial charge is 0.311 e. The molecular formula is C26H32O12. The standard InChI is InChI=1S/C26H32O12/c1-34-18-7-12(3-5-16(18)29)21(15-11-36-25(33)14(15)9-27)13-4-6-17(19(8-13)35-2)37-26-24(32)23(31)22(30)20(10-28)38-26/h3-8,14-15,20-24,26-32H,9-11H2,1-2H3/t14-,15+,20-,21-,22-,23+,24-,26-/m1/s1. The average molecular weight is 537 g/mol. The number of phenolic OH excluding ortho intramolecular Hbond substituents is 1. The van der Waals surface area contributed by atoms with E-state index in [0.717, 1.165) is 0 Å². The molecule has 2 saturated heterocycles. The first-order valence-electron chi connectivity index (χ1n) is 12.0. The van der Waals surface area contributed by atoms with Crippen molar-refractivity contribution in [1.29, 1.82) is 0 Å². The fraction of sp³-hybridized carbons (Fsp3) is 0.500. The molecule has 12 nitrogen and oxygen atoms in total. The van der Waals surface area contributed by atoms with Gasteiger partial charge in [-0.1, -0.05) is 12.1 Å². The maximum atomic E-state index is 12.3. The summed E-state index contributed by atoms with van der Waals surface area (Å²) in [6.07, 6.45) is -7.31. The van der Waals surface area contributed by atoms with Crippen LogP contribution in [0.5, 0.6) is 23.0 Å². The molecule has 2 aliphatic heterocycles. The summed E-state index contributed by atoms with van der Waals surface area (Å²) in [7, 11) is 2.82. The van der Waals surface area contributed by atoms with Crippen molar-refractivity contribution in [2.75, 3.05) is 34.0 Å². The molecule has 6 N–H and O–H groups in total. The van der Waals surface area contributed by atoms with Gasteiger partial charge in [-0.3, -0.25) is 4.79 Å². The molecule has 2 aromatic rings. The van der Waals surface area contributed by atoms with E-state index in [1.54, 1.807) is 30.3 Å². The van der Waals surface area contributed by atoms with Crippen LogP contribution in [0.1, 0.15) is 17.0 Å². The van der Waals surface area contributed by atoms with Gasteiger partial charge in [-0.25, -0.2) is 0 Å². The van der Waals surface area contributed by atoms with Crippen molar-refractivity contribution in [3.8, 4) is 23.0 Å². The third-order valence-corrected chi connectivity index (χ3v) is 7.06. The van der Waals surface area contributed by atoms with E-state index in [4.69, 9.17) is 23.7 Å². The van der Waals surface area contributed by atoms with Crippen LogP contribution in [0.25, 0.3) is 0 Å². The largest absolute Gasteiger partial charge is 0.504 e. The summed E-state index contributed by atoms with van der Waals surface area (Å²) in [6.45, 7) is -0.957. The molecule has 0 radical (unpaired) electrons. The predicted octanol–water partition coefficient (Wildman–Crippen LogP) is -0.499. The fourth-order valence-corrected chi connectivity index (χ4v) is 4.95. The van der Waals surface area contributed by atoms with Crippen LogP contribution in [0, 0.1) is 11.8 Å². The maximum Gasteiger partial charge on any atom is 0.311 e. The average Bonchev–Trinajstić information content (AvgIpc) is 3.30. The van der Waals surface area contributed by atoms with Gasteiger partial charge >= 0.3 is 5.97 Å². The lowest BCUT2D eigenvalue weighted by atomic mass is 9.75. The molecule has 208 valence electrons. The monoisotopic (exact) mass is 536 g/mol. The van der Waals surface area contributed by atoms with Gasteiger partial charge in [-0.05, 0) is 35.4 Å². The fourth-order valence-electron chi connectivity index (χ4n) is 4.95. The molecule has 8 atom stereocenters. The minimum Gasteiger partial charge on any atom is -0.504 e. The molecule has 0 spiro atoms. The summed E-state index contributed by atoms with van der Waals surface area (Å²) in [5.41, 5.74) is 1.35. The summed E-state index contributed by atoms with van der Waals surface area (Å²) < 4.78 is 27.2. The number of rotatable bonds is 9. The Hall–Kier alpha value is -3.13. The molecule has 2 heterocycles. The summed E-state index contributed by atoms with van der Waals surface area (Å²) in [6, 6.07) is 9.70. The molecule has 2 aromatic carbocycles. The van der Waals surface area contributed by atoms with Crippen LogP contribution in [0.3, 0.4) is 0 Å². The van der Waals surface area contributed by atoms with Crippen molar-refractivity contribution in [2.45, 2.75) is 36.6 Å². The molecule has 0 aliphatic carbocycles. The van der Waals surface area contributed by atoms with Crippen LogP contribution in [-0.2, 0) is 14.3 Å². The van der Waals surface area contributed by atoms with Gasteiger partial charge in [0.25, 0.3) is 0 Å². The highest BCUT2D eigenvalue weighted by Gasteiger charge is 2.45. The van der Waals surface area contributed by atoms with Gasteiger partial charge in [0.15, 0.2) is 23.0 Å². The van der Waals surface area contributed by atoms with Gasteiger partial charge in [0.05, 0.1) is 40.0 Å². The van der Waals surface area contributed by atoms with Crippen LogP contribution < -0.4 is 14.2 Å². The van der Waals surface area contributed by atoms with E-state index in [0.29, 0.717) is 11.1 Å². The molecule has 0 aromatic heterocycles. The Labute approximate surface area is 218 Å². The lowest BCUT2D eigenvalue weighted by Crippen LogP contribution is -2.60. The molecule has 0 amide bonds. The second kappa shape index (κ2) is 11.7. The van der Waals surface area contributed by atoms with Crippen LogP contribution >= 0.6 is 0 Å². The zero-order valence-electron chi connectivity index (χ0n) is 20.8. The minimum absolute atomic E-state index is 0.0589. The lowest BCUT2D eigenvalue weighted by Gasteiger charge is -2.39. The molecule has 4 rings (SSSR count). The minimum atomic E-state index is -1.61. The highest BCUT2D eigenvalue weighted by molar-refractivity contribution is 5.75. The van der Waals surface area contributed by atoms with Crippen LogP contribution in [0.2, 0.25) is 0 Å². The Morgan fingerprint density at radius 1 is 0.895 bits per heavy atom. The SMILES string of the molecule is COc1cc([C@H](c2ccc(O[C@@H]3O[C@H](CO)[C@@H](O)[C@H](O)[C@H]3O)c(OC)c2)[C@H]2COC(=O)[C@@H]2CO)ccc1O. The third kappa shape index (κ3) is 5.23.